The van der Waals surface area contributed by atoms with Crippen LogP contribution in [0.2, 0.25) is 0 Å². The predicted octanol–water partition coefficient (Wildman–Crippen LogP) is 2.40. The van der Waals surface area contributed by atoms with Crippen molar-refractivity contribution in [3.8, 4) is 0 Å². The summed E-state index contributed by atoms with van der Waals surface area (Å²) in [6.45, 7) is 6.47. The second-order valence-corrected chi connectivity index (χ2v) is 5.58. The number of hydrogen-bond acceptors (Lipinski definition) is 2. The van der Waals surface area contributed by atoms with E-state index in [1.54, 1.807) is 0 Å². The average molecular weight is 240 g/mol. The molecule has 3 atom stereocenters. The lowest BCUT2D eigenvalue weighted by Crippen LogP contribution is -2.45. The molecule has 3 heteroatoms. The number of amides is 1. The first kappa shape index (κ1) is 14.5. The quantitative estimate of drug-likeness (QED) is 0.820. The third kappa shape index (κ3) is 3.44. The van der Waals surface area contributed by atoms with Gasteiger partial charge in [0.2, 0.25) is 5.91 Å². The molecule has 100 valence electrons. The maximum Gasteiger partial charge on any atom is 0.225 e. The van der Waals surface area contributed by atoms with Crippen molar-refractivity contribution >= 4 is 5.91 Å². The lowest BCUT2D eigenvalue weighted by molar-refractivity contribution is -0.139. The number of nitrogens with zero attached hydrogens (tertiary/aromatic N) is 1. The van der Waals surface area contributed by atoms with Gasteiger partial charge in [0.25, 0.3) is 0 Å². The first-order valence-corrected chi connectivity index (χ1v) is 7.03. The molecule has 1 amide bonds. The summed E-state index contributed by atoms with van der Waals surface area (Å²) in [5.41, 5.74) is 5.95. The first-order valence-electron chi connectivity index (χ1n) is 7.03. The van der Waals surface area contributed by atoms with Crippen LogP contribution in [0.15, 0.2) is 0 Å². The molecular weight excluding hydrogens is 212 g/mol. The van der Waals surface area contributed by atoms with Crippen molar-refractivity contribution in [1.82, 2.24) is 4.90 Å². The zero-order valence-corrected chi connectivity index (χ0v) is 11.8. The first-order chi connectivity index (χ1) is 8.01. The topological polar surface area (TPSA) is 46.3 Å². The highest BCUT2D eigenvalue weighted by molar-refractivity contribution is 5.79. The van der Waals surface area contributed by atoms with Gasteiger partial charge in [0.1, 0.15) is 0 Å². The molecule has 1 fully saturated rings. The molecule has 1 saturated carbocycles. The molecule has 0 aromatic carbocycles. The van der Waals surface area contributed by atoms with E-state index in [2.05, 4.69) is 20.8 Å². The monoisotopic (exact) mass is 240 g/mol. The van der Waals surface area contributed by atoms with Gasteiger partial charge in [-0.3, -0.25) is 4.79 Å². The fraction of sp³-hybridized carbons (Fsp3) is 0.929. The van der Waals surface area contributed by atoms with Gasteiger partial charge in [0.05, 0.1) is 0 Å². The minimum atomic E-state index is 0.195. The molecule has 0 aromatic rings. The van der Waals surface area contributed by atoms with Crippen molar-refractivity contribution in [3.05, 3.63) is 0 Å². The van der Waals surface area contributed by atoms with Crippen molar-refractivity contribution < 1.29 is 4.79 Å². The molecule has 1 rings (SSSR count). The lowest BCUT2D eigenvalue weighted by atomic mass is 9.77. The molecule has 0 spiro atoms. The van der Waals surface area contributed by atoms with E-state index in [-0.39, 0.29) is 5.92 Å². The van der Waals surface area contributed by atoms with Crippen LogP contribution >= 0.6 is 0 Å². The highest BCUT2D eigenvalue weighted by Gasteiger charge is 2.33. The van der Waals surface area contributed by atoms with Crippen molar-refractivity contribution in [2.45, 2.75) is 65.0 Å². The van der Waals surface area contributed by atoms with Crippen LogP contribution < -0.4 is 5.73 Å². The molecule has 0 bridgehead atoms. The van der Waals surface area contributed by atoms with Crippen molar-refractivity contribution in [1.29, 1.82) is 0 Å². The molecule has 0 heterocycles. The van der Waals surface area contributed by atoms with E-state index in [4.69, 9.17) is 5.73 Å². The Kier molecular flexibility index (Phi) is 5.44. The number of carbonyl (C=O) groups excluding carboxylic acids is 1. The van der Waals surface area contributed by atoms with Gasteiger partial charge in [-0.2, -0.15) is 0 Å². The fourth-order valence-corrected chi connectivity index (χ4v) is 3.08. The van der Waals surface area contributed by atoms with Crippen LogP contribution in [-0.2, 0) is 4.79 Å². The molecule has 0 saturated heterocycles. The van der Waals surface area contributed by atoms with Crippen molar-refractivity contribution in [2.24, 2.45) is 17.6 Å². The summed E-state index contributed by atoms with van der Waals surface area (Å²) in [4.78, 5) is 14.4. The standard InChI is InChI=1S/C14H28N2O/c1-5-12(6-2)16(4)14(17)13-8-7-11(15)9-10(13)3/h10-13H,5-9,15H2,1-4H3. The maximum atomic E-state index is 12.5. The van der Waals surface area contributed by atoms with Crippen LogP contribution in [0.4, 0.5) is 0 Å². The van der Waals surface area contributed by atoms with Gasteiger partial charge in [-0.05, 0) is 38.0 Å². The molecule has 2 N–H and O–H groups in total. The molecule has 17 heavy (non-hydrogen) atoms. The zero-order valence-electron chi connectivity index (χ0n) is 11.8. The van der Waals surface area contributed by atoms with E-state index in [0.29, 0.717) is 23.9 Å². The van der Waals surface area contributed by atoms with Crippen molar-refractivity contribution in [3.63, 3.8) is 0 Å². The molecule has 0 aromatic heterocycles. The van der Waals surface area contributed by atoms with E-state index in [0.717, 1.165) is 32.1 Å². The minimum absolute atomic E-state index is 0.195. The van der Waals surface area contributed by atoms with E-state index in [1.807, 2.05) is 11.9 Å². The van der Waals surface area contributed by atoms with Gasteiger partial charge >= 0.3 is 0 Å². The number of hydrogen-bond donors (Lipinski definition) is 1. The molecule has 3 unspecified atom stereocenters. The Hall–Kier alpha value is -0.570. The third-order valence-corrected chi connectivity index (χ3v) is 4.36. The molecule has 1 aliphatic carbocycles. The molecule has 1 aliphatic rings. The average Bonchev–Trinajstić information content (AvgIpc) is 2.29. The highest BCUT2D eigenvalue weighted by Crippen LogP contribution is 2.31. The van der Waals surface area contributed by atoms with Gasteiger partial charge in [0, 0.05) is 25.0 Å². The summed E-state index contributed by atoms with van der Waals surface area (Å²) in [7, 11) is 1.96. The Bertz CT molecular complexity index is 251. The Labute approximate surface area is 106 Å². The highest BCUT2D eigenvalue weighted by atomic mass is 16.2. The summed E-state index contributed by atoms with van der Waals surface area (Å²) in [5.74, 6) is 0.960. The van der Waals surface area contributed by atoms with Crippen LogP contribution in [0.25, 0.3) is 0 Å². The molecule has 3 nitrogen and oxygen atoms in total. The summed E-state index contributed by atoms with van der Waals surface area (Å²) in [5, 5.41) is 0. The van der Waals surface area contributed by atoms with Gasteiger partial charge in [-0.1, -0.05) is 20.8 Å². The predicted molar refractivity (Wildman–Crippen MR) is 71.6 cm³/mol. The number of rotatable bonds is 4. The van der Waals surface area contributed by atoms with Crippen LogP contribution in [0.1, 0.15) is 52.9 Å². The van der Waals surface area contributed by atoms with Gasteiger partial charge in [0.15, 0.2) is 0 Å². The molecule has 0 aliphatic heterocycles. The summed E-state index contributed by atoms with van der Waals surface area (Å²) < 4.78 is 0. The zero-order chi connectivity index (χ0) is 13.0. The van der Waals surface area contributed by atoms with Gasteiger partial charge < -0.3 is 10.6 Å². The van der Waals surface area contributed by atoms with Crippen LogP contribution in [0, 0.1) is 11.8 Å². The van der Waals surface area contributed by atoms with E-state index in [1.165, 1.54) is 0 Å². The number of carbonyl (C=O) groups is 1. The second kappa shape index (κ2) is 6.39. The summed E-state index contributed by atoms with van der Waals surface area (Å²) in [6, 6.07) is 0.692. The maximum absolute atomic E-state index is 12.5. The van der Waals surface area contributed by atoms with Gasteiger partial charge in [-0.25, -0.2) is 0 Å². The van der Waals surface area contributed by atoms with Gasteiger partial charge in [-0.15, -0.1) is 0 Å². The van der Waals surface area contributed by atoms with E-state index in [9.17, 15) is 4.79 Å². The molecular formula is C14H28N2O. The van der Waals surface area contributed by atoms with Crippen LogP contribution in [0.5, 0.6) is 0 Å². The Balaban J connectivity index is 2.62. The SMILES string of the molecule is CCC(CC)N(C)C(=O)C1CCC(N)CC1C. The molecule has 0 radical (unpaired) electrons. The van der Waals surface area contributed by atoms with Crippen LogP contribution in [-0.4, -0.2) is 29.9 Å². The van der Waals surface area contributed by atoms with E-state index >= 15 is 0 Å². The second-order valence-electron chi connectivity index (χ2n) is 5.58. The normalized spacial score (nSPS) is 29.4. The largest absolute Gasteiger partial charge is 0.343 e. The Morgan fingerprint density at radius 2 is 1.94 bits per heavy atom. The third-order valence-electron chi connectivity index (χ3n) is 4.36. The lowest BCUT2D eigenvalue weighted by Gasteiger charge is -2.36. The Morgan fingerprint density at radius 1 is 1.35 bits per heavy atom. The fourth-order valence-electron chi connectivity index (χ4n) is 3.08. The summed E-state index contributed by atoms with van der Waals surface area (Å²) >= 11 is 0. The van der Waals surface area contributed by atoms with Crippen molar-refractivity contribution in [2.75, 3.05) is 7.05 Å². The minimum Gasteiger partial charge on any atom is -0.343 e. The van der Waals surface area contributed by atoms with E-state index < -0.39 is 0 Å². The summed E-state index contributed by atoms with van der Waals surface area (Å²) in [6.07, 6.45) is 5.04. The smallest absolute Gasteiger partial charge is 0.225 e. The number of nitrogens with two attached hydrogens (primary N) is 1. The Morgan fingerprint density at radius 3 is 2.41 bits per heavy atom. The van der Waals surface area contributed by atoms with Crippen LogP contribution in [0.3, 0.4) is 0 Å².